The number of benzene rings is 1. The topological polar surface area (TPSA) is 50.4 Å². The molecule has 1 unspecified atom stereocenters. The summed E-state index contributed by atoms with van der Waals surface area (Å²) in [4.78, 5) is 11.9. The predicted octanol–water partition coefficient (Wildman–Crippen LogP) is 3.44. The van der Waals surface area contributed by atoms with Gasteiger partial charge in [0.15, 0.2) is 0 Å². The number of hydrogen-bond donors (Lipinski definition) is 2. The lowest BCUT2D eigenvalue weighted by atomic mass is 9.99. The maximum absolute atomic E-state index is 11.9. The van der Waals surface area contributed by atoms with Gasteiger partial charge in [0.2, 0.25) is 5.91 Å². The van der Waals surface area contributed by atoms with E-state index >= 15 is 0 Å². The first-order valence-corrected chi connectivity index (χ1v) is 7.84. The molecular formula is C17H28N2O2. The van der Waals surface area contributed by atoms with Gasteiger partial charge in [-0.05, 0) is 31.0 Å². The molecule has 2 N–H and O–H groups in total. The number of ether oxygens (including phenoxy) is 1. The van der Waals surface area contributed by atoms with Crippen molar-refractivity contribution in [3.8, 4) is 5.75 Å². The van der Waals surface area contributed by atoms with Crippen LogP contribution in [0.15, 0.2) is 24.3 Å². The summed E-state index contributed by atoms with van der Waals surface area (Å²) in [5.41, 5.74) is 0.763. The number of anilines is 1. The van der Waals surface area contributed by atoms with Crippen LogP contribution in [0.3, 0.4) is 0 Å². The smallest absolute Gasteiger partial charge is 0.238 e. The van der Waals surface area contributed by atoms with E-state index in [-0.39, 0.29) is 5.91 Å². The van der Waals surface area contributed by atoms with Gasteiger partial charge in [0.05, 0.1) is 13.7 Å². The molecule has 4 nitrogen and oxygen atoms in total. The Morgan fingerprint density at radius 3 is 2.81 bits per heavy atom. The molecule has 0 bridgehead atoms. The third kappa shape index (κ3) is 7.14. The summed E-state index contributed by atoms with van der Waals surface area (Å²) in [6.45, 7) is 5.67. The monoisotopic (exact) mass is 292 g/mol. The lowest BCUT2D eigenvalue weighted by Gasteiger charge is -2.15. The van der Waals surface area contributed by atoms with Crippen molar-refractivity contribution in [2.75, 3.05) is 25.5 Å². The summed E-state index contributed by atoms with van der Waals surface area (Å²) in [6.07, 6.45) is 4.88. The van der Waals surface area contributed by atoms with Crippen molar-refractivity contribution in [2.24, 2.45) is 5.92 Å². The number of amides is 1. The molecule has 0 spiro atoms. The Hall–Kier alpha value is -1.55. The lowest BCUT2D eigenvalue weighted by molar-refractivity contribution is -0.115. The first-order chi connectivity index (χ1) is 10.2. The molecule has 1 aromatic rings. The van der Waals surface area contributed by atoms with Crippen molar-refractivity contribution in [1.29, 1.82) is 0 Å². The van der Waals surface area contributed by atoms with E-state index in [1.807, 2.05) is 24.3 Å². The summed E-state index contributed by atoms with van der Waals surface area (Å²) in [5, 5.41) is 6.12. The third-order valence-electron chi connectivity index (χ3n) is 3.62. The molecule has 0 heterocycles. The molecule has 0 saturated heterocycles. The fourth-order valence-electron chi connectivity index (χ4n) is 2.24. The van der Waals surface area contributed by atoms with Crippen molar-refractivity contribution in [3.05, 3.63) is 24.3 Å². The fraction of sp³-hybridized carbons (Fsp3) is 0.588. The second kappa shape index (κ2) is 10.2. The Labute approximate surface area is 128 Å². The van der Waals surface area contributed by atoms with Crippen molar-refractivity contribution in [2.45, 2.75) is 39.5 Å². The minimum atomic E-state index is -0.0198. The Morgan fingerprint density at radius 1 is 1.33 bits per heavy atom. The van der Waals surface area contributed by atoms with Crippen LogP contribution in [-0.4, -0.2) is 26.1 Å². The molecule has 1 atom stereocenters. The molecule has 0 aliphatic heterocycles. The highest BCUT2D eigenvalue weighted by Crippen LogP contribution is 2.16. The molecule has 0 saturated carbocycles. The summed E-state index contributed by atoms with van der Waals surface area (Å²) in [7, 11) is 1.61. The molecular weight excluding hydrogens is 264 g/mol. The normalized spacial score (nSPS) is 12.0. The van der Waals surface area contributed by atoms with Gasteiger partial charge in [0.1, 0.15) is 5.75 Å². The fourth-order valence-corrected chi connectivity index (χ4v) is 2.24. The highest BCUT2D eigenvalue weighted by Gasteiger charge is 2.07. The van der Waals surface area contributed by atoms with Gasteiger partial charge in [0, 0.05) is 11.8 Å². The van der Waals surface area contributed by atoms with E-state index in [2.05, 4.69) is 24.5 Å². The zero-order chi connectivity index (χ0) is 15.5. The maximum atomic E-state index is 11.9. The average Bonchev–Trinajstić information content (AvgIpc) is 2.50. The molecule has 0 aromatic heterocycles. The Kier molecular flexibility index (Phi) is 8.51. The van der Waals surface area contributed by atoms with Crippen molar-refractivity contribution < 1.29 is 9.53 Å². The lowest BCUT2D eigenvalue weighted by Crippen LogP contribution is -2.31. The summed E-state index contributed by atoms with van der Waals surface area (Å²) < 4.78 is 5.13. The predicted molar refractivity (Wildman–Crippen MR) is 87.8 cm³/mol. The van der Waals surface area contributed by atoms with Crippen LogP contribution in [0.1, 0.15) is 39.5 Å². The quantitative estimate of drug-likeness (QED) is 0.694. The molecule has 21 heavy (non-hydrogen) atoms. The zero-order valence-electron chi connectivity index (χ0n) is 13.4. The number of unbranched alkanes of at least 4 members (excludes halogenated alkanes) is 1. The van der Waals surface area contributed by atoms with Crippen LogP contribution in [0.25, 0.3) is 0 Å². The molecule has 1 amide bonds. The van der Waals surface area contributed by atoms with Gasteiger partial charge in [0.25, 0.3) is 0 Å². The van der Waals surface area contributed by atoms with Crippen LogP contribution in [0.4, 0.5) is 5.69 Å². The van der Waals surface area contributed by atoms with E-state index in [4.69, 9.17) is 4.74 Å². The average molecular weight is 292 g/mol. The van der Waals surface area contributed by atoms with Gasteiger partial charge < -0.3 is 15.4 Å². The first-order valence-electron chi connectivity index (χ1n) is 7.84. The number of methoxy groups -OCH3 is 1. The minimum absolute atomic E-state index is 0.0198. The standard InChI is InChI=1S/C17H28N2O2/c1-4-6-8-14(5-2)12-18-13-17(20)19-15-9-7-10-16(11-15)21-3/h7,9-11,14,18H,4-6,8,12-13H2,1-3H3,(H,19,20). The van der Waals surface area contributed by atoms with Crippen LogP contribution >= 0.6 is 0 Å². The highest BCUT2D eigenvalue weighted by molar-refractivity contribution is 5.92. The van der Waals surface area contributed by atoms with Gasteiger partial charge in [-0.2, -0.15) is 0 Å². The Morgan fingerprint density at radius 2 is 2.14 bits per heavy atom. The number of carbonyl (C=O) groups is 1. The number of hydrogen-bond acceptors (Lipinski definition) is 3. The molecule has 0 aliphatic carbocycles. The Balaban J connectivity index is 2.30. The molecule has 1 rings (SSSR count). The largest absolute Gasteiger partial charge is 0.497 e. The van der Waals surface area contributed by atoms with Crippen LogP contribution < -0.4 is 15.4 Å². The molecule has 4 heteroatoms. The van der Waals surface area contributed by atoms with Gasteiger partial charge in [-0.15, -0.1) is 0 Å². The molecule has 0 aliphatic rings. The number of nitrogens with one attached hydrogen (secondary N) is 2. The van der Waals surface area contributed by atoms with Crippen molar-refractivity contribution in [1.82, 2.24) is 5.32 Å². The van der Waals surface area contributed by atoms with Crippen LogP contribution in [0, 0.1) is 5.92 Å². The van der Waals surface area contributed by atoms with E-state index in [1.54, 1.807) is 7.11 Å². The van der Waals surface area contributed by atoms with E-state index in [0.29, 0.717) is 12.5 Å². The number of rotatable bonds is 10. The number of carbonyl (C=O) groups excluding carboxylic acids is 1. The van der Waals surface area contributed by atoms with E-state index < -0.39 is 0 Å². The van der Waals surface area contributed by atoms with Crippen molar-refractivity contribution >= 4 is 11.6 Å². The first kappa shape index (κ1) is 17.5. The van der Waals surface area contributed by atoms with Crippen molar-refractivity contribution in [3.63, 3.8) is 0 Å². The summed E-state index contributed by atoms with van der Waals surface area (Å²) in [5.74, 6) is 1.38. The van der Waals surface area contributed by atoms with Gasteiger partial charge in [-0.3, -0.25) is 4.79 Å². The van der Waals surface area contributed by atoms with E-state index in [9.17, 15) is 4.79 Å². The van der Waals surface area contributed by atoms with E-state index in [1.165, 1.54) is 19.3 Å². The maximum Gasteiger partial charge on any atom is 0.238 e. The SMILES string of the molecule is CCCCC(CC)CNCC(=O)Nc1cccc(OC)c1. The molecule has 0 fully saturated rings. The minimum Gasteiger partial charge on any atom is -0.497 e. The van der Waals surface area contributed by atoms with E-state index in [0.717, 1.165) is 24.4 Å². The molecule has 0 radical (unpaired) electrons. The Bertz CT molecular complexity index is 421. The van der Waals surface area contributed by atoms with Gasteiger partial charge in [-0.1, -0.05) is 39.2 Å². The van der Waals surface area contributed by atoms with Crippen LogP contribution in [0.2, 0.25) is 0 Å². The summed E-state index contributed by atoms with van der Waals surface area (Å²) >= 11 is 0. The van der Waals surface area contributed by atoms with Gasteiger partial charge in [-0.25, -0.2) is 0 Å². The second-order valence-electron chi connectivity index (χ2n) is 5.33. The third-order valence-corrected chi connectivity index (χ3v) is 3.62. The van der Waals surface area contributed by atoms with Crippen LogP contribution in [0.5, 0.6) is 5.75 Å². The molecule has 118 valence electrons. The summed E-state index contributed by atoms with van der Waals surface area (Å²) in [6, 6.07) is 7.39. The van der Waals surface area contributed by atoms with Crippen LogP contribution in [-0.2, 0) is 4.79 Å². The zero-order valence-corrected chi connectivity index (χ0v) is 13.4. The second-order valence-corrected chi connectivity index (χ2v) is 5.33. The van der Waals surface area contributed by atoms with Gasteiger partial charge >= 0.3 is 0 Å². The highest BCUT2D eigenvalue weighted by atomic mass is 16.5. The molecule has 1 aromatic carbocycles.